The maximum Gasteiger partial charge on any atom is 0.364 e. The third-order valence-corrected chi connectivity index (χ3v) is 21.3. The molecule has 0 radical (unpaired) electrons. The van der Waals surface area contributed by atoms with E-state index in [1.54, 1.807) is 6.08 Å². The summed E-state index contributed by atoms with van der Waals surface area (Å²) in [5.74, 6) is -6.14. The predicted molar refractivity (Wildman–Crippen MR) is 412 cm³/mol. The summed E-state index contributed by atoms with van der Waals surface area (Å²) in [4.78, 5) is 38.7. The van der Waals surface area contributed by atoms with E-state index in [1.165, 1.54) is 238 Å². The molecule has 0 aliphatic carbocycles. The van der Waals surface area contributed by atoms with Crippen LogP contribution in [0.4, 0.5) is 0 Å². The quantitative estimate of drug-likeness (QED) is 0.0199. The van der Waals surface area contributed by atoms with E-state index < -0.39 is 155 Å². The average Bonchev–Trinajstić information content (AvgIpc) is 0.753. The number of carboxylic acids is 1. The molecule has 620 valence electrons. The van der Waals surface area contributed by atoms with Gasteiger partial charge in [0.1, 0.15) is 67.1 Å². The normalized spacial score (nSPS) is 26.3. The Morgan fingerprint density at radius 3 is 1.33 bits per heavy atom. The number of nitrogens with one attached hydrogen (secondary N) is 2. The number of carbonyl (C=O) groups is 3. The van der Waals surface area contributed by atoms with Crippen LogP contribution in [0, 0.1) is 0 Å². The van der Waals surface area contributed by atoms with Crippen molar-refractivity contribution < 1.29 is 104 Å². The zero-order valence-electron chi connectivity index (χ0n) is 65.8. The summed E-state index contributed by atoms with van der Waals surface area (Å²) in [6.45, 7) is 2.18. The first-order valence-electron chi connectivity index (χ1n) is 42.4. The Balaban J connectivity index is 1.45. The molecule has 3 heterocycles. The van der Waals surface area contributed by atoms with E-state index in [2.05, 4.69) is 48.8 Å². The van der Waals surface area contributed by atoms with E-state index >= 15 is 0 Å². The first-order chi connectivity index (χ1) is 51.4. The molecule has 14 N–H and O–H groups in total. The van der Waals surface area contributed by atoms with Gasteiger partial charge in [-0.25, -0.2) is 4.79 Å². The molecule has 3 saturated heterocycles. The van der Waals surface area contributed by atoms with E-state index in [-0.39, 0.29) is 12.3 Å². The molecule has 0 bridgehead atoms. The molecule has 23 heteroatoms. The van der Waals surface area contributed by atoms with Crippen LogP contribution in [0.25, 0.3) is 0 Å². The second kappa shape index (κ2) is 61.5. The van der Waals surface area contributed by atoms with Crippen molar-refractivity contribution in [3.8, 4) is 0 Å². The number of hydrogen-bond acceptors (Lipinski definition) is 20. The number of carbonyl (C=O) groups excluding carboxylic acids is 2. The monoisotopic (exact) mass is 1510 g/mol. The molecule has 2 amide bonds. The largest absolute Gasteiger partial charge is 0.477 e. The topological polar surface area (TPSA) is 373 Å². The van der Waals surface area contributed by atoms with Gasteiger partial charge >= 0.3 is 5.97 Å². The molecule has 0 spiro atoms. The SMILES string of the molecule is CCCCCCCCCCCCC/C=C\C/C=C\CCCCCCCCCCCCCCCCCCCC(=O)NC(COC1OC(CO)C(OC2OC(CO)C(O)C(OC3(C(=O)O)CC(O)C(NC(C)=O)C(C(O)C(O)CO)O3)C2O)C(O)C1O)C(O)/C=C/CCCCCCCCCCCCCCCCC. The maximum absolute atomic E-state index is 13.5. The van der Waals surface area contributed by atoms with Gasteiger partial charge in [0.05, 0.1) is 50.7 Å². The van der Waals surface area contributed by atoms with E-state index in [0.29, 0.717) is 12.8 Å². The molecule has 0 saturated carbocycles. The van der Waals surface area contributed by atoms with Crippen molar-refractivity contribution in [1.82, 2.24) is 10.6 Å². The first kappa shape index (κ1) is 97.1. The Bertz CT molecular complexity index is 2250. The van der Waals surface area contributed by atoms with Crippen LogP contribution < -0.4 is 10.6 Å². The number of amides is 2. The highest BCUT2D eigenvalue weighted by Crippen LogP contribution is 2.39. The van der Waals surface area contributed by atoms with Crippen LogP contribution in [-0.4, -0.2) is 215 Å². The van der Waals surface area contributed by atoms with Gasteiger partial charge in [-0.2, -0.15) is 0 Å². The number of aliphatic hydroxyl groups excluding tert-OH is 11. The van der Waals surface area contributed by atoms with Gasteiger partial charge in [0.25, 0.3) is 5.79 Å². The van der Waals surface area contributed by atoms with Crippen LogP contribution in [0.5, 0.6) is 0 Å². The number of unbranched alkanes of at least 4 members (excludes halogenated alkanes) is 43. The van der Waals surface area contributed by atoms with Crippen molar-refractivity contribution in [2.24, 2.45) is 0 Å². The van der Waals surface area contributed by atoms with Gasteiger partial charge < -0.3 is 100 Å². The molecule has 3 fully saturated rings. The van der Waals surface area contributed by atoms with Crippen LogP contribution in [-0.2, 0) is 42.8 Å². The van der Waals surface area contributed by atoms with Gasteiger partial charge in [-0.3, -0.25) is 9.59 Å². The second-order valence-corrected chi connectivity index (χ2v) is 30.7. The third-order valence-electron chi connectivity index (χ3n) is 21.3. The lowest BCUT2D eigenvalue weighted by molar-refractivity contribution is -0.386. The Kier molecular flexibility index (Phi) is 56.4. The van der Waals surface area contributed by atoms with Crippen LogP contribution in [0.15, 0.2) is 36.5 Å². The van der Waals surface area contributed by atoms with Crippen molar-refractivity contribution in [2.75, 3.05) is 26.4 Å². The summed E-state index contributed by atoms with van der Waals surface area (Å²) in [5, 5.41) is 136. The van der Waals surface area contributed by atoms with Crippen molar-refractivity contribution in [1.29, 1.82) is 0 Å². The lowest BCUT2D eigenvalue weighted by Gasteiger charge is -2.50. The summed E-state index contributed by atoms with van der Waals surface area (Å²) in [6, 6.07) is -2.62. The van der Waals surface area contributed by atoms with E-state index in [9.17, 15) is 75.7 Å². The van der Waals surface area contributed by atoms with E-state index in [1.807, 2.05) is 6.08 Å². The van der Waals surface area contributed by atoms with Crippen LogP contribution in [0.3, 0.4) is 0 Å². The molecular weight excluding hydrogens is 1360 g/mol. The summed E-state index contributed by atoms with van der Waals surface area (Å²) in [5.41, 5.74) is 0. The van der Waals surface area contributed by atoms with Gasteiger partial charge in [-0.1, -0.05) is 301 Å². The van der Waals surface area contributed by atoms with Gasteiger partial charge in [-0.15, -0.1) is 0 Å². The molecule has 18 atom stereocenters. The van der Waals surface area contributed by atoms with Crippen molar-refractivity contribution >= 4 is 17.8 Å². The molecule has 18 unspecified atom stereocenters. The number of rotatable bonds is 67. The standard InChI is InChI=1S/C83H152N2O21/c1-4-6-8-10-12-14-16-18-20-22-23-24-25-26-27-28-29-30-31-32-33-34-35-36-37-38-39-41-43-45-47-49-51-53-55-57-70(93)85-64(65(90)56-54-52-50-48-46-44-42-40-21-19-17-15-13-11-9-7-5-2)62-101-80-75(97)74(96)77(69(61-88)103-80)104-81-76(98)79(73(95)68(60-87)102-81)106-83(82(99)100)58-66(91)71(84-63(3)89)78(105-83)72(94)67(92)59-86/h25-26,28-29,54,56,64-69,71-81,86-88,90-92,94-98H,4-24,27,30-53,55,57-62H2,1-3H3,(H,84,89)(H,85,93)(H,99,100)/b26-25-,29-28-,56-54+. The van der Waals surface area contributed by atoms with Crippen molar-refractivity contribution in [2.45, 2.75) is 445 Å². The number of allylic oxidation sites excluding steroid dienone is 5. The first-order valence-corrected chi connectivity index (χ1v) is 42.4. The van der Waals surface area contributed by atoms with Crippen LogP contribution in [0.2, 0.25) is 0 Å². The lowest BCUT2D eigenvalue weighted by Crippen LogP contribution is -2.70. The minimum absolute atomic E-state index is 0.202. The molecule has 0 aromatic heterocycles. The minimum Gasteiger partial charge on any atom is -0.477 e. The highest BCUT2D eigenvalue weighted by molar-refractivity contribution is 5.77. The van der Waals surface area contributed by atoms with Crippen molar-refractivity contribution in [3.05, 3.63) is 36.5 Å². The second-order valence-electron chi connectivity index (χ2n) is 30.7. The van der Waals surface area contributed by atoms with Gasteiger partial charge in [0.2, 0.25) is 11.8 Å². The highest BCUT2D eigenvalue weighted by atomic mass is 16.8. The average molecular weight is 1510 g/mol. The molecule has 0 aromatic carbocycles. The number of ether oxygens (including phenoxy) is 6. The van der Waals surface area contributed by atoms with E-state index in [4.69, 9.17) is 28.4 Å². The lowest BCUT2D eigenvalue weighted by atomic mass is 9.88. The Hall–Kier alpha value is -3.05. The van der Waals surface area contributed by atoms with Gasteiger partial charge in [0, 0.05) is 19.8 Å². The molecule has 23 nitrogen and oxygen atoms in total. The van der Waals surface area contributed by atoms with Gasteiger partial charge in [0.15, 0.2) is 12.6 Å². The fraction of sp³-hybridized carbons (Fsp3) is 0.892. The Morgan fingerprint density at radius 1 is 0.500 bits per heavy atom. The molecule has 3 aliphatic heterocycles. The highest BCUT2D eigenvalue weighted by Gasteiger charge is 2.60. The number of aliphatic carboxylic acids is 1. The molecular formula is C83H152N2O21. The maximum atomic E-state index is 13.5. The Morgan fingerprint density at radius 2 is 0.915 bits per heavy atom. The molecule has 0 aromatic rings. The molecule has 106 heavy (non-hydrogen) atoms. The number of hydrogen-bond donors (Lipinski definition) is 14. The van der Waals surface area contributed by atoms with E-state index in [0.717, 1.165) is 58.3 Å². The van der Waals surface area contributed by atoms with Gasteiger partial charge in [-0.05, 0) is 51.4 Å². The fourth-order valence-electron chi connectivity index (χ4n) is 14.6. The summed E-state index contributed by atoms with van der Waals surface area (Å²) >= 11 is 0. The van der Waals surface area contributed by atoms with Crippen molar-refractivity contribution in [3.63, 3.8) is 0 Å². The zero-order valence-corrected chi connectivity index (χ0v) is 65.8. The minimum atomic E-state index is -3.08. The number of aliphatic hydroxyl groups is 11. The summed E-state index contributed by atoms with van der Waals surface area (Å²) in [6.07, 6.45) is 42.0. The molecule has 3 rings (SSSR count). The van der Waals surface area contributed by atoms with Crippen LogP contribution in [0.1, 0.15) is 335 Å². The summed E-state index contributed by atoms with van der Waals surface area (Å²) < 4.78 is 34.9. The third kappa shape index (κ3) is 40.9. The van der Waals surface area contributed by atoms with Crippen LogP contribution >= 0.6 is 0 Å². The zero-order chi connectivity index (χ0) is 77.4. The fourth-order valence-corrected chi connectivity index (χ4v) is 14.6. The number of carboxylic acid groups (broad SMARTS) is 1. The smallest absolute Gasteiger partial charge is 0.364 e. The Labute approximate surface area is 637 Å². The predicted octanol–water partition coefficient (Wildman–Crippen LogP) is 12.1. The molecule has 3 aliphatic rings. The summed E-state index contributed by atoms with van der Waals surface area (Å²) in [7, 11) is 0.